The molecule has 2 aromatic rings. The zero-order valence-electron chi connectivity index (χ0n) is 18.7. The van der Waals surface area contributed by atoms with E-state index in [0.29, 0.717) is 34.8 Å². The molecule has 3 rings (SSSR count). The number of hydrogen-bond acceptors (Lipinski definition) is 3. The van der Waals surface area contributed by atoms with Crippen LogP contribution in [0, 0.1) is 0 Å². The van der Waals surface area contributed by atoms with Crippen LogP contribution in [0.25, 0.3) is 0 Å². The van der Waals surface area contributed by atoms with Crippen LogP contribution in [0.5, 0.6) is 5.75 Å². The topological polar surface area (TPSA) is 70.7 Å². The van der Waals surface area contributed by atoms with Gasteiger partial charge >= 0.3 is 12.2 Å². The first-order valence-electron chi connectivity index (χ1n) is 10.4. The van der Waals surface area contributed by atoms with Crippen LogP contribution in [0.1, 0.15) is 18.1 Å². The zero-order valence-corrected chi connectivity index (χ0v) is 18.7. The Hall–Kier alpha value is -4.01. The Morgan fingerprint density at radius 2 is 1.85 bits per heavy atom. The van der Waals surface area contributed by atoms with E-state index in [4.69, 9.17) is 4.74 Å². The highest BCUT2D eigenvalue weighted by atomic mass is 19.4. The summed E-state index contributed by atoms with van der Waals surface area (Å²) in [6, 6.07) is 9.37. The standard InChI is InChI=1S/C25H24F3N3O3/c1-4-5-21(14-16(2)23(32)29-3)34-20-10-8-19(9-11-20)30-24(33)31-13-12-17-6-7-18(15-22(17)31)25(26,27)28/h4-11,14-15H,1,12-13H2,2-3H3,(H,29,32)(H,30,33). The highest BCUT2D eigenvalue weighted by Crippen LogP contribution is 2.36. The van der Waals surface area contributed by atoms with Crippen molar-refractivity contribution < 1.29 is 27.5 Å². The normalized spacial score (nSPS) is 13.9. The third-order valence-electron chi connectivity index (χ3n) is 5.12. The van der Waals surface area contributed by atoms with E-state index in [0.717, 1.165) is 12.1 Å². The molecule has 178 valence electrons. The molecule has 6 nitrogen and oxygen atoms in total. The smallest absolute Gasteiger partial charge is 0.416 e. The Kier molecular flexibility index (Phi) is 7.45. The van der Waals surface area contributed by atoms with Gasteiger partial charge in [-0.05, 0) is 67.5 Å². The summed E-state index contributed by atoms with van der Waals surface area (Å²) < 4.78 is 45.0. The maximum atomic E-state index is 13.1. The molecule has 0 fully saturated rings. The van der Waals surface area contributed by atoms with Gasteiger partial charge in [-0.15, -0.1) is 0 Å². The van der Waals surface area contributed by atoms with E-state index in [1.165, 1.54) is 24.1 Å². The van der Waals surface area contributed by atoms with E-state index < -0.39 is 17.8 Å². The first-order valence-corrected chi connectivity index (χ1v) is 10.4. The van der Waals surface area contributed by atoms with Crippen molar-refractivity contribution in [2.24, 2.45) is 0 Å². The van der Waals surface area contributed by atoms with Gasteiger partial charge in [0.05, 0.1) is 5.56 Å². The first kappa shape index (κ1) is 24.6. The molecule has 2 aromatic carbocycles. The number of carbonyl (C=O) groups is 2. The van der Waals surface area contributed by atoms with Crippen molar-refractivity contribution in [1.29, 1.82) is 0 Å². The number of amides is 3. The molecule has 0 unspecified atom stereocenters. The second-order valence-electron chi connectivity index (χ2n) is 7.51. The van der Waals surface area contributed by atoms with Gasteiger partial charge in [-0.1, -0.05) is 18.7 Å². The average Bonchev–Trinajstić information content (AvgIpc) is 3.23. The zero-order chi connectivity index (χ0) is 24.9. The molecule has 0 saturated heterocycles. The first-order chi connectivity index (χ1) is 16.1. The summed E-state index contributed by atoms with van der Waals surface area (Å²) in [6.07, 6.45) is 0.686. The molecule has 1 heterocycles. The summed E-state index contributed by atoms with van der Waals surface area (Å²) in [6.45, 7) is 5.57. The predicted molar refractivity (Wildman–Crippen MR) is 125 cm³/mol. The summed E-state index contributed by atoms with van der Waals surface area (Å²) >= 11 is 0. The van der Waals surface area contributed by atoms with E-state index in [1.807, 2.05) is 0 Å². The third kappa shape index (κ3) is 5.86. The van der Waals surface area contributed by atoms with E-state index in [-0.39, 0.29) is 18.1 Å². The second kappa shape index (κ2) is 10.3. The lowest BCUT2D eigenvalue weighted by atomic mass is 10.1. The van der Waals surface area contributed by atoms with Gasteiger partial charge in [0.25, 0.3) is 0 Å². The highest BCUT2D eigenvalue weighted by molar-refractivity contribution is 6.03. The number of carbonyl (C=O) groups excluding carboxylic acids is 2. The molecule has 0 radical (unpaired) electrons. The quantitative estimate of drug-likeness (QED) is 0.335. The Balaban J connectivity index is 1.70. The maximum Gasteiger partial charge on any atom is 0.416 e. The average molecular weight is 471 g/mol. The van der Waals surface area contributed by atoms with Gasteiger partial charge in [-0.3, -0.25) is 9.69 Å². The summed E-state index contributed by atoms with van der Waals surface area (Å²) in [7, 11) is 1.53. The predicted octanol–water partition coefficient (Wildman–Crippen LogP) is 5.44. The number of urea groups is 1. The number of likely N-dealkylation sites (N-methyl/N-ethyl adjacent to an activating group) is 1. The van der Waals surface area contributed by atoms with Crippen molar-refractivity contribution in [2.75, 3.05) is 23.8 Å². The summed E-state index contributed by atoms with van der Waals surface area (Å²) in [4.78, 5) is 25.8. The number of allylic oxidation sites excluding steroid dienone is 3. The van der Waals surface area contributed by atoms with E-state index in [1.54, 1.807) is 43.3 Å². The number of nitrogens with one attached hydrogen (secondary N) is 2. The van der Waals surface area contributed by atoms with Crippen molar-refractivity contribution >= 4 is 23.3 Å². The number of alkyl halides is 3. The Morgan fingerprint density at radius 1 is 1.15 bits per heavy atom. The van der Waals surface area contributed by atoms with Crippen LogP contribution in [0.15, 0.2) is 78.6 Å². The van der Waals surface area contributed by atoms with Crippen molar-refractivity contribution in [2.45, 2.75) is 19.5 Å². The Bertz CT molecular complexity index is 1150. The van der Waals surface area contributed by atoms with Crippen LogP contribution in [0.2, 0.25) is 0 Å². The van der Waals surface area contributed by atoms with E-state index in [9.17, 15) is 22.8 Å². The number of fused-ring (bicyclic) bond motifs is 1. The van der Waals surface area contributed by atoms with Crippen molar-refractivity contribution in [1.82, 2.24) is 5.32 Å². The number of benzene rings is 2. The molecule has 3 amide bonds. The number of ether oxygens (including phenoxy) is 1. The monoisotopic (exact) mass is 471 g/mol. The van der Waals surface area contributed by atoms with Crippen LogP contribution in [-0.4, -0.2) is 25.5 Å². The minimum atomic E-state index is -4.48. The molecule has 0 saturated carbocycles. The van der Waals surface area contributed by atoms with E-state index in [2.05, 4.69) is 17.2 Å². The maximum absolute atomic E-state index is 13.1. The highest BCUT2D eigenvalue weighted by Gasteiger charge is 2.33. The minimum Gasteiger partial charge on any atom is -0.457 e. The fourth-order valence-corrected chi connectivity index (χ4v) is 3.40. The Labute approximate surface area is 195 Å². The van der Waals surface area contributed by atoms with Crippen LogP contribution < -0.4 is 20.3 Å². The molecule has 0 bridgehead atoms. The second-order valence-corrected chi connectivity index (χ2v) is 7.51. The molecule has 0 atom stereocenters. The number of rotatable bonds is 6. The molecule has 0 aliphatic carbocycles. The molecular formula is C25H24F3N3O3. The molecule has 34 heavy (non-hydrogen) atoms. The molecule has 9 heteroatoms. The lowest BCUT2D eigenvalue weighted by molar-refractivity contribution is -0.137. The summed E-state index contributed by atoms with van der Waals surface area (Å²) in [5.74, 6) is 0.595. The fourth-order valence-electron chi connectivity index (χ4n) is 3.40. The SMILES string of the molecule is C=CC=C(C=C(C)C(=O)NC)Oc1ccc(NC(=O)N2CCc3ccc(C(F)(F)F)cc32)cc1. The lowest BCUT2D eigenvalue weighted by Gasteiger charge is -2.19. The number of halogens is 3. The third-order valence-corrected chi connectivity index (χ3v) is 5.12. The van der Waals surface area contributed by atoms with Gasteiger partial charge in [0.2, 0.25) is 5.91 Å². The largest absolute Gasteiger partial charge is 0.457 e. The molecule has 1 aliphatic rings. The molecule has 0 spiro atoms. The van der Waals surface area contributed by atoms with Gasteiger partial charge in [0, 0.05) is 30.5 Å². The fraction of sp³-hybridized carbons (Fsp3) is 0.200. The number of hydrogen-bond donors (Lipinski definition) is 2. The van der Waals surface area contributed by atoms with Gasteiger partial charge in [-0.25, -0.2) is 4.79 Å². The molecule has 1 aliphatic heterocycles. The number of nitrogens with zero attached hydrogens (tertiary/aromatic N) is 1. The number of anilines is 2. The van der Waals surface area contributed by atoms with Gasteiger partial charge in [0.1, 0.15) is 11.5 Å². The van der Waals surface area contributed by atoms with Crippen LogP contribution in [-0.2, 0) is 17.4 Å². The molecular weight excluding hydrogens is 447 g/mol. The lowest BCUT2D eigenvalue weighted by Crippen LogP contribution is -2.33. The summed E-state index contributed by atoms with van der Waals surface area (Å²) in [5.41, 5.74) is 1.04. The van der Waals surface area contributed by atoms with Crippen LogP contribution in [0.4, 0.5) is 29.3 Å². The molecule has 2 N–H and O–H groups in total. The van der Waals surface area contributed by atoms with Crippen molar-refractivity contribution in [3.63, 3.8) is 0 Å². The molecule has 0 aromatic heterocycles. The Morgan fingerprint density at radius 3 is 2.47 bits per heavy atom. The minimum absolute atomic E-state index is 0.248. The van der Waals surface area contributed by atoms with Gasteiger partial charge in [0.15, 0.2) is 0 Å². The van der Waals surface area contributed by atoms with Crippen LogP contribution >= 0.6 is 0 Å². The van der Waals surface area contributed by atoms with Crippen molar-refractivity contribution in [3.05, 3.63) is 89.7 Å². The van der Waals surface area contributed by atoms with Gasteiger partial charge in [-0.2, -0.15) is 13.2 Å². The van der Waals surface area contributed by atoms with Gasteiger partial charge < -0.3 is 15.4 Å². The van der Waals surface area contributed by atoms with Crippen LogP contribution in [0.3, 0.4) is 0 Å². The summed E-state index contributed by atoms with van der Waals surface area (Å²) in [5, 5.41) is 5.22. The van der Waals surface area contributed by atoms with E-state index >= 15 is 0 Å². The van der Waals surface area contributed by atoms with Crippen molar-refractivity contribution in [3.8, 4) is 5.75 Å².